The fourth-order valence-corrected chi connectivity index (χ4v) is 1.50. The van der Waals surface area contributed by atoms with Gasteiger partial charge in [0.2, 0.25) is 0 Å². The molecule has 0 fully saturated rings. The normalized spacial score (nSPS) is 10.7. The number of hydrogen-bond acceptors (Lipinski definition) is 1. The summed E-state index contributed by atoms with van der Waals surface area (Å²) in [4.78, 5) is 0. The topological polar surface area (TPSA) is 26.0 Å². The van der Waals surface area contributed by atoms with Crippen molar-refractivity contribution in [3.8, 4) is 11.1 Å². The zero-order valence-corrected chi connectivity index (χ0v) is 8.53. The van der Waals surface area contributed by atoms with Crippen molar-refractivity contribution in [2.24, 2.45) is 0 Å². The second-order valence-electron chi connectivity index (χ2n) is 3.54. The van der Waals surface area contributed by atoms with Gasteiger partial charge in [-0.05, 0) is 23.3 Å². The summed E-state index contributed by atoms with van der Waals surface area (Å²) in [6.45, 7) is 0. The summed E-state index contributed by atoms with van der Waals surface area (Å²) in [6, 6.07) is 13.6. The van der Waals surface area contributed by atoms with Crippen LogP contribution in [0.25, 0.3) is 11.1 Å². The van der Waals surface area contributed by atoms with E-state index in [0.717, 1.165) is 11.1 Å². The summed E-state index contributed by atoms with van der Waals surface area (Å²) in [5, 5.41) is 0. The monoisotopic (exact) mass is 219 g/mol. The maximum Gasteiger partial charge on any atom is 0.263 e. The van der Waals surface area contributed by atoms with E-state index in [0.29, 0.717) is 5.69 Å². The Labute approximate surface area is 92.5 Å². The lowest BCUT2D eigenvalue weighted by molar-refractivity contribution is 0.151. The molecule has 82 valence electrons. The van der Waals surface area contributed by atoms with E-state index in [-0.39, 0.29) is 5.56 Å². The number of rotatable bonds is 2. The highest BCUT2D eigenvalue weighted by molar-refractivity contribution is 5.65. The van der Waals surface area contributed by atoms with Gasteiger partial charge in [-0.25, -0.2) is 8.78 Å². The van der Waals surface area contributed by atoms with Crippen LogP contribution in [-0.4, -0.2) is 0 Å². The minimum atomic E-state index is -2.42. The average molecular weight is 219 g/mol. The van der Waals surface area contributed by atoms with Crippen molar-refractivity contribution in [1.29, 1.82) is 0 Å². The van der Waals surface area contributed by atoms with Gasteiger partial charge in [0.05, 0.1) is 0 Å². The molecule has 0 heterocycles. The van der Waals surface area contributed by atoms with E-state index in [4.69, 9.17) is 5.73 Å². The predicted octanol–water partition coefficient (Wildman–Crippen LogP) is 3.87. The van der Waals surface area contributed by atoms with E-state index in [9.17, 15) is 8.78 Å². The van der Waals surface area contributed by atoms with Gasteiger partial charge in [-0.2, -0.15) is 0 Å². The standard InChI is InChI=1S/C13H11F2N/c14-13(15)11-3-1-9(2-4-11)10-5-7-12(16)8-6-10/h1-8,13H,16H2. The van der Waals surface area contributed by atoms with Gasteiger partial charge >= 0.3 is 0 Å². The molecule has 0 aliphatic carbocycles. The largest absolute Gasteiger partial charge is 0.399 e. The first kappa shape index (κ1) is 10.6. The van der Waals surface area contributed by atoms with Gasteiger partial charge in [0.15, 0.2) is 0 Å². The number of nitrogen functional groups attached to an aromatic ring is 1. The fourth-order valence-electron chi connectivity index (χ4n) is 1.50. The number of nitrogens with two attached hydrogens (primary N) is 1. The highest BCUT2D eigenvalue weighted by Crippen LogP contribution is 2.24. The zero-order valence-electron chi connectivity index (χ0n) is 8.53. The van der Waals surface area contributed by atoms with Crippen LogP contribution in [0, 0.1) is 0 Å². The first-order valence-corrected chi connectivity index (χ1v) is 4.91. The Bertz CT molecular complexity index is 460. The molecular formula is C13H11F2N. The van der Waals surface area contributed by atoms with Crippen molar-refractivity contribution in [3.05, 3.63) is 54.1 Å². The van der Waals surface area contributed by atoms with Crippen LogP contribution >= 0.6 is 0 Å². The second kappa shape index (κ2) is 4.31. The first-order chi connectivity index (χ1) is 7.66. The van der Waals surface area contributed by atoms with Crippen molar-refractivity contribution in [2.75, 3.05) is 5.73 Å². The van der Waals surface area contributed by atoms with Gasteiger partial charge in [-0.3, -0.25) is 0 Å². The van der Waals surface area contributed by atoms with Crippen molar-refractivity contribution < 1.29 is 8.78 Å². The molecule has 0 spiro atoms. The zero-order chi connectivity index (χ0) is 11.5. The minimum absolute atomic E-state index is 0.0409. The fraction of sp³-hybridized carbons (Fsp3) is 0.0769. The van der Waals surface area contributed by atoms with Crippen molar-refractivity contribution >= 4 is 5.69 Å². The van der Waals surface area contributed by atoms with Crippen LogP contribution in [0.4, 0.5) is 14.5 Å². The molecule has 0 aliphatic heterocycles. The molecule has 2 aromatic rings. The van der Waals surface area contributed by atoms with E-state index in [1.165, 1.54) is 12.1 Å². The molecule has 2 N–H and O–H groups in total. The lowest BCUT2D eigenvalue weighted by atomic mass is 10.0. The van der Waals surface area contributed by atoms with Crippen LogP contribution in [-0.2, 0) is 0 Å². The van der Waals surface area contributed by atoms with E-state index in [1.54, 1.807) is 24.3 Å². The van der Waals surface area contributed by atoms with Crippen LogP contribution in [0.15, 0.2) is 48.5 Å². The molecule has 0 unspecified atom stereocenters. The van der Waals surface area contributed by atoms with Crippen LogP contribution < -0.4 is 5.73 Å². The molecule has 2 aromatic carbocycles. The maximum atomic E-state index is 12.3. The Morgan fingerprint density at radius 3 is 1.62 bits per heavy atom. The number of hydrogen-bond donors (Lipinski definition) is 1. The number of benzene rings is 2. The smallest absolute Gasteiger partial charge is 0.263 e. The molecule has 0 bridgehead atoms. The quantitative estimate of drug-likeness (QED) is 0.762. The van der Waals surface area contributed by atoms with Crippen LogP contribution in [0.3, 0.4) is 0 Å². The van der Waals surface area contributed by atoms with E-state index < -0.39 is 6.43 Å². The molecule has 0 saturated carbocycles. The van der Waals surface area contributed by atoms with Crippen molar-refractivity contribution in [2.45, 2.75) is 6.43 Å². The van der Waals surface area contributed by atoms with Gasteiger partial charge in [0, 0.05) is 11.3 Å². The third-order valence-electron chi connectivity index (χ3n) is 2.41. The Kier molecular flexibility index (Phi) is 2.86. The van der Waals surface area contributed by atoms with Gasteiger partial charge in [0.1, 0.15) is 0 Å². The van der Waals surface area contributed by atoms with Crippen LogP contribution in [0.1, 0.15) is 12.0 Å². The molecule has 0 atom stereocenters. The number of anilines is 1. The lowest BCUT2D eigenvalue weighted by Gasteiger charge is -2.04. The number of alkyl halides is 2. The molecule has 16 heavy (non-hydrogen) atoms. The first-order valence-electron chi connectivity index (χ1n) is 4.91. The molecule has 3 heteroatoms. The Morgan fingerprint density at radius 1 is 0.750 bits per heavy atom. The molecule has 0 radical (unpaired) electrons. The third-order valence-corrected chi connectivity index (χ3v) is 2.41. The number of halogens is 2. The molecular weight excluding hydrogens is 208 g/mol. The summed E-state index contributed by atoms with van der Waals surface area (Å²) in [5.74, 6) is 0. The summed E-state index contributed by atoms with van der Waals surface area (Å²) in [7, 11) is 0. The van der Waals surface area contributed by atoms with Gasteiger partial charge < -0.3 is 5.73 Å². The molecule has 1 nitrogen and oxygen atoms in total. The van der Waals surface area contributed by atoms with Crippen molar-refractivity contribution in [3.63, 3.8) is 0 Å². The highest BCUT2D eigenvalue weighted by Gasteiger charge is 2.06. The average Bonchev–Trinajstić information content (AvgIpc) is 2.30. The SMILES string of the molecule is Nc1ccc(-c2ccc(C(F)F)cc2)cc1. The summed E-state index contributed by atoms with van der Waals surface area (Å²) < 4.78 is 24.7. The van der Waals surface area contributed by atoms with E-state index >= 15 is 0 Å². The summed E-state index contributed by atoms with van der Waals surface area (Å²) in [5.41, 5.74) is 8.17. The summed E-state index contributed by atoms with van der Waals surface area (Å²) in [6.07, 6.45) is -2.42. The van der Waals surface area contributed by atoms with E-state index in [2.05, 4.69) is 0 Å². The van der Waals surface area contributed by atoms with Crippen LogP contribution in [0.2, 0.25) is 0 Å². The molecule has 0 saturated heterocycles. The molecule has 0 amide bonds. The maximum absolute atomic E-state index is 12.3. The lowest BCUT2D eigenvalue weighted by Crippen LogP contribution is -1.86. The van der Waals surface area contributed by atoms with Crippen LogP contribution in [0.5, 0.6) is 0 Å². The van der Waals surface area contributed by atoms with Gasteiger partial charge in [-0.1, -0.05) is 36.4 Å². The van der Waals surface area contributed by atoms with E-state index in [1.807, 2.05) is 12.1 Å². The predicted molar refractivity (Wildman–Crippen MR) is 61.2 cm³/mol. The second-order valence-corrected chi connectivity index (χ2v) is 3.54. The molecule has 0 aliphatic rings. The molecule has 2 rings (SSSR count). The Hall–Kier alpha value is -1.90. The Balaban J connectivity index is 2.31. The summed E-state index contributed by atoms with van der Waals surface area (Å²) >= 11 is 0. The van der Waals surface area contributed by atoms with Gasteiger partial charge in [0.25, 0.3) is 6.43 Å². The highest BCUT2D eigenvalue weighted by atomic mass is 19.3. The third kappa shape index (κ3) is 2.19. The minimum Gasteiger partial charge on any atom is -0.399 e. The Morgan fingerprint density at radius 2 is 1.19 bits per heavy atom. The molecule has 0 aromatic heterocycles. The van der Waals surface area contributed by atoms with Crippen molar-refractivity contribution in [1.82, 2.24) is 0 Å². The van der Waals surface area contributed by atoms with Gasteiger partial charge in [-0.15, -0.1) is 0 Å².